The average molecular weight is 285 g/mol. The third-order valence-electron chi connectivity index (χ3n) is 3.12. The molecule has 1 aromatic rings. The highest BCUT2D eigenvalue weighted by Gasteiger charge is 2.27. The fourth-order valence-corrected chi connectivity index (χ4v) is 2.42. The molecule has 0 heterocycles. The van der Waals surface area contributed by atoms with Crippen LogP contribution in [0.2, 0.25) is 0 Å². The fourth-order valence-electron chi connectivity index (χ4n) is 2.19. The summed E-state index contributed by atoms with van der Waals surface area (Å²) in [5.74, 6) is 0.865. The molecule has 2 unspecified atom stereocenters. The van der Waals surface area contributed by atoms with Crippen molar-refractivity contribution in [2.75, 3.05) is 0 Å². The summed E-state index contributed by atoms with van der Waals surface area (Å²) < 4.78 is 6.96. The number of aliphatic hydroxyl groups excluding tert-OH is 1. The van der Waals surface area contributed by atoms with Crippen LogP contribution < -0.4 is 4.74 Å². The van der Waals surface area contributed by atoms with Gasteiger partial charge in [0.2, 0.25) is 0 Å². The van der Waals surface area contributed by atoms with Crippen LogP contribution in [-0.4, -0.2) is 17.3 Å². The first kappa shape index (κ1) is 11.9. The van der Waals surface area contributed by atoms with Gasteiger partial charge in [-0.3, -0.25) is 0 Å². The Bertz CT molecular complexity index is 367. The number of halogens is 1. The molecule has 1 fully saturated rings. The molecule has 1 saturated carbocycles. The van der Waals surface area contributed by atoms with E-state index in [0.717, 1.165) is 29.5 Å². The van der Waals surface area contributed by atoms with Gasteiger partial charge in [0.1, 0.15) is 11.9 Å². The molecule has 0 radical (unpaired) electrons. The number of hydrogen-bond donors (Lipinski definition) is 1. The number of aliphatic hydroxyl groups is 1. The van der Waals surface area contributed by atoms with Crippen molar-refractivity contribution < 1.29 is 9.84 Å². The lowest BCUT2D eigenvalue weighted by molar-refractivity contribution is 0.0603. The van der Waals surface area contributed by atoms with Gasteiger partial charge in [0.15, 0.2) is 0 Å². The van der Waals surface area contributed by atoms with Crippen molar-refractivity contribution >= 4 is 15.9 Å². The highest BCUT2D eigenvalue weighted by Crippen LogP contribution is 2.29. The number of benzene rings is 1. The van der Waals surface area contributed by atoms with Crippen LogP contribution in [0.15, 0.2) is 16.6 Å². The summed E-state index contributed by atoms with van der Waals surface area (Å²) in [6.45, 7) is 4.10. The molecule has 0 aliphatic heterocycles. The van der Waals surface area contributed by atoms with Crippen molar-refractivity contribution in [1.29, 1.82) is 0 Å². The summed E-state index contributed by atoms with van der Waals surface area (Å²) in [6.07, 6.45) is 2.54. The quantitative estimate of drug-likeness (QED) is 0.903. The largest absolute Gasteiger partial charge is 0.488 e. The molecule has 0 aromatic heterocycles. The third kappa shape index (κ3) is 2.41. The van der Waals surface area contributed by atoms with E-state index in [1.54, 1.807) is 0 Å². The van der Waals surface area contributed by atoms with E-state index in [1.165, 1.54) is 11.1 Å². The summed E-state index contributed by atoms with van der Waals surface area (Å²) in [6, 6.07) is 4.03. The molecule has 16 heavy (non-hydrogen) atoms. The van der Waals surface area contributed by atoms with E-state index in [4.69, 9.17) is 4.74 Å². The molecule has 0 spiro atoms. The van der Waals surface area contributed by atoms with Crippen LogP contribution in [-0.2, 0) is 0 Å². The van der Waals surface area contributed by atoms with Crippen LogP contribution in [0, 0.1) is 13.8 Å². The van der Waals surface area contributed by atoms with Crippen LogP contribution >= 0.6 is 15.9 Å². The van der Waals surface area contributed by atoms with E-state index in [9.17, 15) is 5.11 Å². The predicted octanol–water partition coefficient (Wildman–Crippen LogP) is 3.36. The molecule has 2 rings (SSSR count). The summed E-state index contributed by atoms with van der Waals surface area (Å²) in [7, 11) is 0. The molecule has 2 nitrogen and oxygen atoms in total. The second-order valence-electron chi connectivity index (χ2n) is 4.53. The Morgan fingerprint density at radius 2 is 1.88 bits per heavy atom. The van der Waals surface area contributed by atoms with Crippen LogP contribution in [0.1, 0.15) is 30.4 Å². The zero-order valence-corrected chi connectivity index (χ0v) is 11.3. The van der Waals surface area contributed by atoms with Crippen molar-refractivity contribution in [3.05, 3.63) is 27.7 Å². The number of hydrogen-bond acceptors (Lipinski definition) is 2. The summed E-state index contributed by atoms with van der Waals surface area (Å²) in [4.78, 5) is 0. The Kier molecular flexibility index (Phi) is 3.55. The van der Waals surface area contributed by atoms with E-state index in [2.05, 4.69) is 29.8 Å². The topological polar surface area (TPSA) is 29.5 Å². The van der Waals surface area contributed by atoms with Crippen LogP contribution in [0.5, 0.6) is 5.75 Å². The van der Waals surface area contributed by atoms with Crippen LogP contribution in [0.3, 0.4) is 0 Å². The van der Waals surface area contributed by atoms with E-state index in [0.29, 0.717) is 0 Å². The number of rotatable bonds is 2. The maximum absolute atomic E-state index is 9.71. The monoisotopic (exact) mass is 284 g/mol. The maximum Gasteiger partial charge on any atom is 0.124 e. The number of aryl methyl sites for hydroxylation is 2. The van der Waals surface area contributed by atoms with Gasteiger partial charge in [-0.25, -0.2) is 0 Å². The molecule has 3 heteroatoms. The molecule has 1 aliphatic carbocycles. The highest BCUT2D eigenvalue weighted by molar-refractivity contribution is 9.10. The molecule has 1 aliphatic rings. The van der Waals surface area contributed by atoms with Crippen molar-refractivity contribution in [2.24, 2.45) is 0 Å². The Balaban J connectivity index is 2.15. The van der Waals surface area contributed by atoms with Gasteiger partial charge < -0.3 is 9.84 Å². The second-order valence-corrected chi connectivity index (χ2v) is 5.32. The normalized spacial score (nSPS) is 24.8. The van der Waals surface area contributed by atoms with E-state index in [-0.39, 0.29) is 12.2 Å². The minimum atomic E-state index is -0.302. The Labute approximate surface area is 105 Å². The Morgan fingerprint density at radius 1 is 1.25 bits per heavy atom. The highest BCUT2D eigenvalue weighted by atomic mass is 79.9. The molecular formula is C13H17BrO2. The lowest BCUT2D eigenvalue weighted by atomic mass is 10.1. The van der Waals surface area contributed by atoms with Gasteiger partial charge in [0.05, 0.1) is 6.10 Å². The van der Waals surface area contributed by atoms with E-state index < -0.39 is 0 Å². The summed E-state index contributed by atoms with van der Waals surface area (Å²) in [5.41, 5.74) is 2.34. The van der Waals surface area contributed by atoms with Gasteiger partial charge in [-0.2, -0.15) is 0 Å². The molecule has 0 amide bonds. The van der Waals surface area contributed by atoms with Crippen molar-refractivity contribution in [3.63, 3.8) is 0 Å². The molecular weight excluding hydrogens is 268 g/mol. The van der Waals surface area contributed by atoms with Gasteiger partial charge >= 0.3 is 0 Å². The fraction of sp³-hybridized carbons (Fsp3) is 0.538. The SMILES string of the molecule is Cc1cc(OC2CCCC2O)cc(C)c1Br. The zero-order chi connectivity index (χ0) is 11.7. The summed E-state index contributed by atoms with van der Waals surface area (Å²) in [5, 5.41) is 9.71. The molecule has 0 saturated heterocycles. The van der Waals surface area contributed by atoms with Gasteiger partial charge in [0.25, 0.3) is 0 Å². The van der Waals surface area contributed by atoms with Gasteiger partial charge in [-0.1, -0.05) is 15.9 Å². The van der Waals surface area contributed by atoms with E-state index in [1.807, 2.05) is 12.1 Å². The second kappa shape index (κ2) is 4.76. The van der Waals surface area contributed by atoms with Crippen molar-refractivity contribution in [2.45, 2.75) is 45.3 Å². The first-order valence-corrected chi connectivity index (χ1v) is 6.48. The Hall–Kier alpha value is -0.540. The summed E-state index contributed by atoms with van der Waals surface area (Å²) >= 11 is 3.53. The molecule has 88 valence electrons. The molecule has 1 aromatic carbocycles. The van der Waals surface area contributed by atoms with E-state index >= 15 is 0 Å². The number of ether oxygens (including phenoxy) is 1. The van der Waals surface area contributed by atoms with Crippen molar-refractivity contribution in [1.82, 2.24) is 0 Å². The maximum atomic E-state index is 9.71. The third-order valence-corrected chi connectivity index (χ3v) is 4.37. The van der Waals surface area contributed by atoms with Gasteiger partial charge in [0, 0.05) is 4.47 Å². The zero-order valence-electron chi connectivity index (χ0n) is 9.66. The van der Waals surface area contributed by atoms with Gasteiger partial charge in [-0.05, 0) is 56.4 Å². The standard InChI is InChI=1S/C13H17BrO2/c1-8-6-10(7-9(2)13(8)14)16-12-5-3-4-11(12)15/h6-7,11-12,15H,3-5H2,1-2H3. The van der Waals surface area contributed by atoms with Crippen LogP contribution in [0.4, 0.5) is 0 Å². The molecule has 2 atom stereocenters. The first-order chi connectivity index (χ1) is 7.58. The molecule has 1 N–H and O–H groups in total. The van der Waals surface area contributed by atoms with Crippen LogP contribution in [0.25, 0.3) is 0 Å². The van der Waals surface area contributed by atoms with Gasteiger partial charge in [-0.15, -0.1) is 0 Å². The van der Waals surface area contributed by atoms with Crippen molar-refractivity contribution in [3.8, 4) is 5.75 Å². The minimum absolute atomic E-state index is 0.0278. The smallest absolute Gasteiger partial charge is 0.124 e. The average Bonchev–Trinajstić information content (AvgIpc) is 2.61. The minimum Gasteiger partial charge on any atom is -0.488 e. The predicted molar refractivity (Wildman–Crippen MR) is 67.9 cm³/mol. The lowest BCUT2D eigenvalue weighted by Crippen LogP contribution is -2.25. The lowest BCUT2D eigenvalue weighted by Gasteiger charge is -2.18. The molecule has 0 bridgehead atoms. The Morgan fingerprint density at radius 3 is 2.38 bits per heavy atom. The first-order valence-electron chi connectivity index (χ1n) is 5.69.